The van der Waals surface area contributed by atoms with Crippen molar-refractivity contribution >= 4 is 5.78 Å². The molecule has 2 rings (SSSR count). The molecule has 1 atom stereocenters. The van der Waals surface area contributed by atoms with Crippen molar-refractivity contribution in [3.63, 3.8) is 0 Å². The molecule has 0 aromatic heterocycles. The first-order valence-corrected chi connectivity index (χ1v) is 5.55. The first-order valence-electron chi connectivity index (χ1n) is 5.55. The second-order valence-corrected chi connectivity index (χ2v) is 4.55. The predicted octanol–water partition coefficient (Wildman–Crippen LogP) is 1.88. The zero-order valence-corrected chi connectivity index (χ0v) is 9.75. The highest BCUT2D eigenvalue weighted by Crippen LogP contribution is 2.29. The fraction of sp³-hybridized carbons (Fsp3) is 0.462. The molecule has 1 aliphatic heterocycles. The lowest BCUT2D eigenvalue weighted by Crippen LogP contribution is -2.30. The third-order valence-corrected chi connectivity index (χ3v) is 3.27. The Kier molecular flexibility index (Phi) is 2.97. The topological polar surface area (TPSA) is 38.3 Å². The van der Waals surface area contributed by atoms with E-state index in [1.165, 1.54) is 0 Å². The smallest absolute Gasteiger partial charge is 0.170 e. The highest BCUT2D eigenvalue weighted by molar-refractivity contribution is 6.00. The summed E-state index contributed by atoms with van der Waals surface area (Å²) >= 11 is 0. The maximum atomic E-state index is 12.3. The highest BCUT2D eigenvalue weighted by atomic mass is 16.5. The van der Waals surface area contributed by atoms with E-state index in [4.69, 9.17) is 4.74 Å². The summed E-state index contributed by atoms with van der Waals surface area (Å²) in [6.45, 7) is 3.73. The van der Waals surface area contributed by atoms with Gasteiger partial charge >= 0.3 is 0 Å². The van der Waals surface area contributed by atoms with Crippen LogP contribution in [0.3, 0.4) is 0 Å². The molecule has 86 valence electrons. The van der Waals surface area contributed by atoms with Crippen molar-refractivity contribution < 1.29 is 9.53 Å². The summed E-state index contributed by atoms with van der Waals surface area (Å²) in [4.78, 5) is 12.3. The number of nitrogens with one attached hydrogen (secondary N) is 1. The predicted molar refractivity (Wildman–Crippen MR) is 62.9 cm³/mol. The molecular weight excluding hydrogens is 202 g/mol. The van der Waals surface area contributed by atoms with E-state index in [-0.39, 0.29) is 11.2 Å². The molecule has 0 aliphatic carbocycles. The molecule has 3 nitrogen and oxygen atoms in total. The number of Topliss-reactive ketones (excluding diaryl/α,β-unsaturated/α-hetero) is 1. The monoisotopic (exact) mass is 219 g/mol. The van der Waals surface area contributed by atoms with Gasteiger partial charge in [-0.05, 0) is 37.2 Å². The summed E-state index contributed by atoms with van der Waals surface area (Å²) in [5, 5.41) is 3.24. The molecule has 0 radical (unpaired) electrons. The summed E-state index contributed by atoms with van der Waals surface area (Å²) in [6.07, 6.45) is 0.915. The van der Waals surface area contributed by atoms with Gasteiger partial charge in [0.1, 0.15) is 5.75 Å². The van der Waals surface area contributed by atoms with Crippen molar-refractivity contribution in [3.05, 3.63) is 29.8 Å². The molecule has 1 aliphatic rings. The number of carbonyl (C=O) groups excluding carboxylic acids is 1. The van der Waals surface area contributed by atoms with E-state index in [0.717, 1.165) is 30.8 Å². The van der Waals surface area contributed by atoms with Crippen LogP contribution in [0.4, 0.5) is 0 Å². The molecule has 0 saturated carbocycles. The van der Waals surface area contributed by atoms with Crippen molar-refractivity contribution in [2.24, 2.45) is 5.41 Å². The molecule has 0 spiro atoms. The average Bonchev–Trinajstić information content (AvgIpc) is 2.77. The number of carbonyl (C=O) groups is 1. The molecule has 1 unspecified atom stereocenters. The molecule has 1 heterocycles. The maximum Gasteiger partial charge on any atom is 0.170 e. The van der Waals surface area contributed by atoms with Gasteiger partial charge in [-0.1, -0.05) is 6.92 Å². The molecule has 0 amide bonds. The maximum absolute atomic E-state index is 12.3. The second-order valence-electron chi connectivity index (χ2n) is 4.55. The van der Waals surface area contributed by atoms with Crippen LogP contribution in [0.5, 0.6) is 5.75 Å². The van der Waals surface area contributed by atoms with E-state index >= 15 is 0 Å². The van der Waals surface area contributed by atoms with Crippen molar-refractivity contribution in [1.82, 2.24) is 5.32 Å². The minimum Gasteiger partial charge on any atom is -0.497 e. The van der Waals surface area contributed by atoms with Crippen LogP contribution in [0.25, 0.3) is 0 Å². The van der Waals surface area contributed by atoms with Gasteiger partial charge in [0, 0.05) is 17.5 Å². The summed E-state index contributed by atoms with van der Waals surface area (Å²) in [5.41, 5.74) is 0.529. The zero-order chi connectivity index (χ0) is 11.6. The second kappa shape index (κ2) is 4.26. The quantitative estimate of drug-likeness (QED) is 0.789. The minimum absolute atomic E-state index is 0.222. The van der Waals surface area contributed by atoms with Gasteiger partial charge in [-0.25, -0.2) is 0 Å². The van der Waals surface area contributed by atoms with E-state index in [1.807, 2.05) is 31.2 Å². The number of ether oxygens (including phenoxy) is 1. The van der Waals surface area contributed by atoms with Gasteiger partial charge in [-0.2, -0.15) is 0 Å². The number of ketones is 1. The minimum atomic E-state index is -0.241. The van der Waals surface area contributed by atoms with Crippen LogP contribution in [-0.2, 0) is 0 Å². The standard InChI is InChI=1S/C13H17NO2/c1-13(7-8-14-9-13)12(15)10-3-5-11(16-2)6-4-10/h3-6,14H,7-9H2,1-2H3. The van der Waals surface area contributed by atoms with Crippen molar-refractivity contribution in [3.8, 4) is 5.75 Å². The van der Waals surface area contributed by atoms with Gasteiger partial charge in [0.2, 0.25) is 0 Å². The third-order valence-electron chi connectivity index (χ3n) is 3.27. The van der Waals surface area contributed by atoms with Gasteiger partial charge < -0.3 is 10.1 Å². The number of hydrogen-bond acceptors (Lipinski definition) is 3. The van der Waals surface area contributed by atoms with E-state index in [2.05, 4.69) is 5.32 Å². The molecule has 1 aromatic carbocycles. The van der Waals surface area contributed by atoms with Crippen LogP contribution in [0.1, 0.15) is 23.7 Å². The lowest BCUT2D eigenvalue weighted by Gasteiger charge is -2.20. The van der Waals surface area contributed by atoms with Crippen molar-refractivity contribution in [1.29, 1.82) is 0 Å². The van der Waals surface area contributed by atoms with Crippen LogP contribution in [0.15, 0.2) is 24.3 Å². The number of methoxy groups -OCH3 is 1. The molecule has 1 aromatic rings. The zero-order valence-electron chi connectivity index (χ0n) is 9.75. The molecule has 3 heteroatoms. The van der Waals surface area contributed by atoms with E-state index in [1.54, 1.807) is 7.11 Å². The Hall–Kier alpha value is -1.35. The van der Waals surface area contributed by atoms with Gasteiger partial charge in [-0.15, -0.1) is 0 Å². The van der Waals surface area contributed by atoms with Gasteiger partial charge in [0.15, 0.2) is 5.78 Å². The Morgan fingerprint density at radius 2 is 2.06 bits per heavy atom. The SMILES string of the molecule is COc1ccc(C(=O)C2(C)CCNC2)cc1. The van der Waals surface area contributed by atoms with Gasteiger partial charge in [-0.3, -0.25) is 4.79 Å². The van der Waals surface area contributed by atoms with Crippen LogP contribution in [0, 0.1) is 5.41 Å². The van der Waals surface area contributed by atoms with Crippen LogP contribution in [0.2, 0.25) is 0 Å². The van der Waals surface area contributed by atoms with Crippen molar-refractivity contribution in [2.45, 2.75) is 13.3 Å². The summed E-state index contributed by atoms with van der Waals surface area (Å²) in [5.74, 6) is 1.01. The molecule has 1 saturated heterocycles. The highest BCUT2D eigenvalue weighted by Gasteiger charge is 2.36. The van der Waals surface area contributed by atoms with Crippen LogP contribution in [-0.4, -0.2) is 26.0 Å². The first-order chi connectivity index (χ1) is 7.65. The lowest BCUT2D eigenvalue weighted by atomic mass is 9.81. The molecular formula is C13H17NO2. The first kappa shape index (κ1) is 11.1. The summed E-state index contributed by atoms with van der Waals surface area (Å²) in [7, 11) is 1.62. The Bertz CT molecular complexity index is 377. The Morgan fingerprint density at radius 3 is 2.56 bits per heavy atom. The summed E-state index contributed by atoms with van der Waals surface area (Å²) < 4.78 is 5.08. The number of rotatable bonds is 3. The fourth-order valence-electron chi connectivity index (χ4n) is 2.10. The Labute approximate surface area is 95.8 Å². The van der Waals surface area contributed by atoms with Crippen LogP contribution < -0.4 is 10.1 Å². The molecule has 1 fully saturated rings. The number of hydrogen-bond donors (Lipinski definition) is 1. The van der Waals surface area contributed by atoms with E-state index < -0.39 is 0 Å². The van der Waals surface area contributed by atoms with Crippen molar-refractivity contribution in [2.75, 3.05) is 20.2 Å². The largest absolute Gasteiger partial charge is 0.497 e. The van der Waals surface area contributed by atoms with E-state index in [9.17, 15) is 4.79 Å². The number of benzene rings is 1. The van der Waals surface area contributed by atoms with E-state index in [0.29, 0.717) is 0 Å². The van der Waals surface area contributed by atoms with Gasteiger partial charge in [0.05, 0.1) is 7.11 Å². The lowest BCUT2D eigenvalue weighted by molar-refractivity contribution is 0.0839. The molecule has 1 N–H and O–H groups in total. The van der Waals surface area contributed by atoms with Crippen LogP contribution >= 0.6 is 0 Å². The normalized spacial score (nSPS) is 24.4. The molecule has 0 bridgehead atoms. The Balaban J connectivity index is 2.20. The summed E-state index contributed by atoms with van der Waals surface area (Å²) in [6, 6.07) is 7.34. The molecule has 16 heavy (non-hydrogen) atoms. The Morgan fingerprint density at radius 1 is 1.38 bits per heavy atom. The average molecular weight is 219 g/mol. The third kappa shape index (κ3) is 1.95. The fourth-order valence-corrected chi connectivity index (χ4v) is 2.10. The van der Waals surface area contributed by atoms with Gasteiger partial charge in [0.25, 0.3) is 0 Å².